The monoisotopic (exact) mass is 268 g/mol. The molecule has 0 amide bonds. The van der Waals surface area contributed by atoms with Crippen LogP contribution in [0, 0.1) is 6.92 Å². The van der Waals surface area contributed by atoms with Gasteiger partial charge in [-0.15, -0.1) is 0 Å². The third-order valence-electron chi connectivity index (χ3n) is 3.35. The smallest absolute Gasteiger partial charge is 0.154 e. The van der Waals surface area contributed by atoms with Crippen LogP contribution >= 0.6 is 0 Å². The summed E-state index contributed by atoms with van der Waals surface area (Å²) in [5.41, 5.74) is 10.2. The quantitative estimate of drug-likeness (QED) is 0.790. The zero-order chi connectivity index (χ0) is 14.1. The van der Waals surface area contributed by atoms with E-state index in [0.29, 0.717) is 6.54 Å². The van der Waals surface area contributed by atoms with Gasteiger partial charge in [0.15, 0.2) is 5.65 Å². The number of nitrogens with two attached hydrogens (primary N) is 1. The number of benzene rings is 1. The first-order valence-corrected chi connectivity index (χ1v) is 6.43. The fourth-order valence-electron chi connectivity index (χ4n) is 2.32. The van der Waals surface area contributed by atoms with Crippen molar-refractivity contribution in [3.63, 3.8) is 0 Å². The van der Waals surface area contributed by atoms with E-state index in [4.69, 9.17) is 10.5 Å². The van der Waals surface area contributed by atoms with Gasteiger partial charge in [0.1, 0.15) is 5.75 Å². The van der Waals surface area contributed by atoms with Crippen molar-refractivity contribution < 1.29 is 4.74 Å². The topological polar surface area (TPSA) is 65.4 Å². The minimum Gasteiger partial charge on any atom is -0.496 e. The number of nitrogens with zero attached hydrogens (tertiary/aromatic N) is 3. The summed E-state index contributed by atoms with van der Waals surface area (Å²) in [7, 11) is 1.66. The van der Waals surface area contributed by atoms with E-state index in [-0.39, 0.29) is 0 Å². The zero-order valence-corrected chi connectivity index (χ0v) is 11.5. The molecule has 5 nitrogen and oxygen atoms in total. The molecular weight excluding hydrogens is 252 g/mol. The molecule has 0 aliphatic heterocycles. The van der Waals surface area contributed by atoms with Crippen LogP contribution in [0.5, 0.6) is 5.75 Å². The summed E-state index contributed by atoms with van der Waals surface area (Å²) in [5.74, 6) is 0.797. The lowest BCUT2D eigenvalue weighted by Gasteiger charge is -2.08. The molecule has 3 rings (SSSR count). The molecule has 0 saturated heterocycles. The van der Waals surface area contributed by atoms with E-state index in [1.165, 1.54) is 0 Å². The van der Waals surface area contributed by atoms with Crippen molar-refractivity contribution in [2.45, 2.75) is 13.5 Å². The minimum atomic E-state index is 0.412. The Morgan fingerprint density at radius 3 is 2.75 bits per heavy atom. The standard InChI is InChI=1S/C15H16N4O/c1-10-13(9-16)19-15(17-10)8-7-12(18-19)11-5-3-4-6-14(11)20-2/h3-8H,9,16H2,1-2H3. The molecule has 20 heavy (non-hydrogen) atoms. The van der Waals surface area contributed by atoms with E-state index >= 15 is 0 Å². The van der Waals surface area contributed by atoms with Crippen LogP contribution in [0.3, 0.4) is 0 Å². The van der Waals surface area contributed by atoms with Gasteiger partial charge in [0, 0.05) is 12.1 Å². The number of para-hydroxylation sites is 1. The van der Waals surface area contributed by atoms with Crippen molar-refractivity contribution in [1.29, 1.82) is 0 Å². The molecule has 102 valence electrons. The Morgan fingerprint density at radius 2 is 2.00 bits per heavy atom. The third kappa shape index (κ3) is 1.92. The normalized spacial score (nSPS) is 10.9. The van der Waals surface area contributed by atoms with Crippen LogP contribution in [0.25, 0.3) is 16.9 Å². The maximum absolute atomic E-state index is 5.78. The molecule has 1 aromatic carbocycles. The van der Waals surface area contributed by atoms with Gasteiger partial charge < -0.3 is 10.5 Å². The van der Waals surface area contributed by atoms with E-state index < -0.39 is 0 Å². The highest BCUT2D eigenvalue weighted by molar-refractivity contribution is 5.67. The van der Waals surface area contributed by atoms with Gasteiger partial charge in [-0.1, -0.05) is 12.1 Å². The van der Waals surface area contributed by atoms with Gasteiger partial charge in [-0.25, -0.2) is 9.50 Å². The van der Waals surface area contributed by atoms with Crippen LogP contribution in [0.4, 0.5) is 0 Å². The molecule has 0 radical (unpaired) electrons. The first kappa shape index (κ1) is 12.6. The van der Waals surface area contributed by atoms with Crippen molar-refractivity contribution in [3.05, 3.63) is 47.8 Å². The first-order chi connectivity index (χ1) is 9.74. The Morgan fingerprint density at radius 1 is 1.20 bits per heavy atom. The van der Waals surface area contributed by atoms with Crippen molar-refractivity contribution in [2.24, 2.45) is 5.73 Å². The van der Waals surface area contributed by atoms with Crippen molar-refractivity contribution in [2.75, 3.05) is 7.11 Å². The number of ether oxygens (including phenoxy) is 1. The van der Waals surface area contributed by atoms with Gasteiger partial charge in [-0.2, -0.15) is 5.10 Å². The molecule has 5 heteroatoms. The molecular formula is C15H16N4O. The molecule has 2 N–H and O–H groups in total. The molecule has 0 atom stereocenters. The zero-order valence-electron chi connectivity index (χ0n) is 11.5. The van der Waals surface area contributed by atoms with E-state index in [0.717, 1.165) is 34.0 Å². The SMILES string of the molecule is COc1ccccc1-c1ccc2nc(C)c(CN)n2n1. The summed E-state index contributed by atoms with van der Waals surface area (Å²) in [5, 5.41) is 4.64. The minimum absolute atomic E-state index is 0.412. The van der Waals surface area contributed by atoms with Crippen LogP contribution in [0.2, 0.25) is 0 Å². The summed E-state index contributed by atoms with van der Waals surface area (Å²) in [4.78, 5) is 4.45. The number of rotatable bonds is 3. The number of aryl methyl sites for hydroxylation is 1. The summed E-state index contributed by atoms with van der Waals surface area (Å²) in [6, 6.07) is 11.7. The lowest BCUT2D eigenvalue weighted by atomic mass is 10.1. The molecule has 0 aliphatic carbocycles. The molecule has 2 aromatic heterocycles. The summed E-state index contributed by atoms with van der Waals surface area (Å²) in [6.45, 7) is 2.36. The molecule has 0 saturated carbocycles. The highest BCUT2D eigenvalue weighted by Crippen LogP contribution is 2.28. The van der Waals surface area contributed by atoms with Crippen LogP contribution < -0.4 is 10.5 Å². The number of imidazole rings is 1. The molecule has 0 fully saturated rings. The number of aromatic nitrogens is 3. The van der Waals surface area contributed by atoms with Crippen molar-refractivity contribution in [1.82, 2.24) is 14.6 Å². The molecule has 0 spiro atoms. The summed E-state index contributed by atoms with van der Waals surface area (Å²) >= 11 is 0. The number of hydrogen-bond donors (Lipinski definition) is 1. The molecule has 2 heterocycles. The fraction of sp³-hybridized carbons (Fsp3) is 0.200. The van der Waals surface area contributed by atoms with Crippen LogP contribution in [0.1, 0.15) is 11.4 Å². The lowest BCUT2D eigenvalue weighted by Crippen LogP contribution is -2.05. The van der Waals surface area contributed by atoms with E-state index in [1.54, 1.807) is 11.6 Å². The van der Waals surface area contributed by atoms with E-state index in [9.17, 15) is 0 Å². The van der Waals surface area contributed by atoms with Gasteiger partial charge in [0.25, 0.3) is 0 Å². The second-order valence-electron chi connectivity index (χ2n) is 4.54. The maximum Gasteiger partial charge on any atom is 0.154 e. The van der Waals surface area contributed by atoms with Gasteiger partial charge in [0.2, 0.25) is 0 Å². The molecule has 3 aromatic rings. The molecule has 0 unspecified atom stereocenters. The Hall–Kier alpha value is -2.40. The van der Waals surface area contributed by atoms with Crippen LogP contribution in [-0.2, 0) is 6.54 Å². The average molecular weight is 268 g/mol. The second-order valence-corrected chi connectivity index (χ2v) is 4.54. The molecule has 0 aliphatic rings. The van der Waals surface area contributed by atoms with Gasteiger partial charge >= 0.3 is 0 Å². The summed E-state index contributed by atoms with van der Waals surface area (Å²) in [6.07, 6.45) is 0. The van der Waals surface area contributed by atoms with E-state index in [1.807, 2.05) is 43.3 Å². The molecule has 0 bridgehead atoms. The lowest BCUT2D eigenvalue weighted by molar-refractivity contribution is 0.416. The fourth-order valence-corrected chi connectivity index (χ4v) is 2.32. The van der Waals surface area contributed by atoms with Crippen LogP contribution in [0.15, 0.2) is 36.4 Å². The average Bonchev–Trinajstić information content (AvgIpc) is 2.81. The predicted octanol–water partition coefficient (Wildman–Crippen LogP) is 2.17. The Balaban J connectivity index is 2.22. The van der Waals surface area contributed by atoms with Gasteiger partial charge in [-0.3, -0.25) is 0 Å². The largest absolute Gasteiger partial charge is 0.496 e. The Kier molecular flexibility index (Phi) is 3.12. The highest BCUT2D eigenvalue weighted by atomic mass is 16.5. The third-order valence-corrected chi connectivity index (χ3v) is 3.35. The van der Waals surface area contributed by atoms with E-state index in [2.05, 4.69) is 10.1 Å². The number of fused-ring (bicyclic) bond motifs is 1. The van der Waals surface area contributed by atoms with Crippen LogP contribution in [-0.4, -0.2) is 21.7 Å². The number of hydrogen-bond acceptors (Lipinski definition) is 4. The first-order valence-electron chi connectivity index (χ1n) is 6.43. The Bertz CT molecular complexity index is 764. The van der Waals surface area contributed by atoms with Gasteiger partial charge in [-0.05, 0) is 31.2 Å². The number of methoxy groups -OCH3 is 1. The highest BCUT2D eigenvalue weighted by Gasteiger charge is 2.11. The Labute approximate surface area is 117 Å². The summed E-state index contributed by atoms with van der Waals surface area (Å²) < 4.78 is 7.19. The van der Waals surface area contributed by atoms with Crippen molar-refractivity contribution >= 4 is 5.65 Å². The van der Waals surface area contributed by atoms with Crippen molar-refractivity contribution in [3.8, 4) is 17.0 Å². The van der Waals surface area contributed by atoms with Gasteiger partial charge in [0.05, 0.1) is 24.2 Å². The maximum atomic E-state index is 5.78. The predicted molar refractivity (Wildman–Crippen MR) is 77.6 cm³/mol. The second kappa shape index (κ2) is 4.94.